The van der Waals surface area contributed by atoms with Gasteiger partial charge in [0.2, 0.25) is 0 Å². The number of anilines is 1. The number of nitrogens with one attached hydrogen (secondary N) is 1. The highest BCUT2D eigenvalue weighted by Crippen LogP contribution is 2.30. The molecule has 3 heterocycles. The molecular formula is C19H28N6. The Hall–Kier alpha value is -1.95. The molecule has 0 spiro atoms. The second-order valence-electron chi connectivity index (χ2n) is 7.32. The minimum atomic E-state index is 0.444. The second kappa shape index (κ2) is 7.12. The molecular weight excluding hydrogens is 312 g/mol. The van der Waals surface area contributed by atoms with Crippen LogP contribution in [0.3, 0.4) is 0 Å². The van der Waals surface area contributed by atoms with E-state index in [9.17, 15) is 0 Å². The van der Waals surface area contributed by atoms with Crippen LogP contribution in [0.15, 0.2) is 18.6 Å². The molecule has 6 nitrogen and oxygen atoms in total. The number of rotatable bonds is 4. The van der Waals surface area contributed by atoms with Gasteiger partial charge in [0.05, 0.1) is 5.69 Å². The van der Waals surface area contributed by atoms with Crippen LogP contribution in [0.4, 0.5) is 5.82 Å². The summed E-state index contributed by atoms with van der Waals surface area (Å²) in [5.41, 5.74) is 3.80. The van der Waals surface area contributed by atoms with E-state index in [0.29, 0.717) is 12.1 Å². The Morgan fingerprint density at radius 1 is 1.24 bits per heavy atom. The van der Waals surface area contributed by atoms with Crippen LogP contribution in [0.25, 0.3) is 0 Å². The number of aromatic nitrogens is 4. The minimum absolute atomic E-state index is 0.444. The van der Waals surface area contributed by atoms with Crippen LogP contribution in [0, 0.1) is 0 Å². The van der Waals surface area contributed by atoms with Gasteiger partial charge in [0.1, 0.15) is 12.1 Å². The molecule has 6 heteroatoms. The summed E-state index contributed by atoms with van der Waals surface area (Å²) < 4.78 is 1.96. The summed E-state index contributed by atoms with van der Waals surface area (Å²) in [6.07, 6.45) is 10.8. The molecule has 4 rings (SSSR count). The highest BCUT2D eigenvalue weighted by molar-refractivity contribution is 5.40. The van der Waals surface area contributed by atoms with E-state index < -0.39 is 0 Å². The third kappa shape index (κ3) is 3.54. The first-order chi connectivity index (χ1) is 12.2. The maximum Gasteiger partial charge on any atom is 0.132 e. The molecule has 1 aliphatic heterocycles. The molecule has 0 amide bonds. The fraction of sp³-hybridized carbons (Fsp3) is 0.632. The first-order valence-electron chi connectivity index (χ1n) is 9.57. The maximum absolute atomic E-state index is 4.63. The van der Waals surface area contributed by atoms with Crippen LogP contribution in [0.5, 0.6) is 0 Å². The van der Waals surface area contributed by atoms with Crippen LogP contribution in [-0.2, 0) is 19.9 Å². The highest BCUT2D eigenvalue weighted by Gasteiger charge is 2.28. The van der Waals surface area contributed by atoms with Crippen molar-refractivity contribution in [3.63, 3.8) is 0 Å². The fourth-order valence-electron chi connectivity index (χ4n) is 4.20. The molecule has 0 aromatic carbocycles. The third-order valence-corrected chi connectivity index (χ3v) is 5.47. The van der Waals surface area contributed by atoms with E-state index >= 15 is 0 Å². The number of nitrogens with zero attached hydrogens (tertiary/aromatic N) is 5. The van der Waals surface area contributed by atoms with Crippen LogP contribution in [0.2, 0.25) is 0 Å². The molecule has 25 heavy (non-hydrogen) atoms. The van der Waals surface area contributed by atoms with Crippen molar-refractivity contribution in [3.8, 4) is 0 Å². The molecule has 1 saturated heterocycles. The molecule has 1 N–H and O–H groups in total. The lowest BCUT2D eigenvalue weighted by Gasteiger charge is -2.37. The number of hydrogen-bond donors (Lipinski definition) is 1. The number of hydrogen-bond acceptors (Lipinski definition) is 5. The van der Waals surface area contributed by atoms with Crippen molar-refractivity contribution in [2.24, 2.45) is 7.05 Å². The quantitative estimate of drug-likeness (QED) is 0.926. The molecule has 2 aliphatic rings. The average molecular weight is 340 g/mol. The Bertz CT molecular complexity index is 724. The van der Waals surface area contributed by atoms with Crippen molar-refractivity contribution in [2.75, 3.05) is 18.0 Å². The van der Waals surface area contributed by atoms with Crippen molar-refractivity contribution >= 4 is 5.82 Å². The zero-order valence-corrected chi connectivity index (χ0v) is 15.3. The van der Waals surface area contributed by atoms with E-state index in [0.717, 1.165) is 37.4 Å². The minimum Gasteiger partial charge on any atom is -0.355 e. The van der Waals surface area contributed by atoms with E-state index in [1.54, 1.807) is 6.33 Å². The predicted octanol–water partition coefficient (Wildman–Crippen LogP) is 2.41. The van der Waals surface area contributed by atoms with E-state index in [2.05, 4.69) is 44.5 Å². The number of fused-ring (bicyclic) bond motifs is 1. The molecule has 0 bridgehead atoms. The van der Waals surface area contributed by atoms with Gasteiger partial charge in [-0.3, -0.25) is 4.68 Å². The standard InChI is InChI=1S/C19H28N6/c1-3-14-10-19(21-13-20-14)25-9-5-6-15(11-25)22-17-7-4-8-18-16(17)12-24(2)23-18/h10,12-13,15,17,22H,3-9,11H2,1-2H3. The summed E-state index contributed by atoms with van der Waals surface area (Å²) in [4.78, 5) is 11.2. The topological polar surface area (TPSA) is 58.9 Å². The molecule has 2 unspecified atom stereocenters. The van der Waals surface area contributed by atoms with Gasteiger partial charge in [-0.05, 0) is 38.5 Å². The first-order valence-corrected chi connectivity index (χ1v) is 9.57. The number of aryl methyl sites for hydroxylation is 3. The first kappa shape index (κ1) is 16.5. The predicted molar refractivity (Wildman–Crippen MR) is 98.7 cm³/mol. The van der Waals surface area contributed by atoms with Crippen LogP contribution in [-0.4, -0.2) is 38.9 Å². The summed E-state index contributed by atoms with van der Waals surface area (Å²) in [6.45, 7) is 4.24. The lowest BCUT2D eigenvalue weighted by atomic mass is 9.91. The van der Waals surface area contributed by atoms with Crippen molar-refractivity contribution in [2.45, 2.75) is 57.5 Å². The second-order valence-corrected chi connectivity index (χ2v) is 7.32. The van der Waals surface area contributed by atoms with Gasteiger partial charge in [-0.15, -0.1) is 0 Å². The molecule has 2 atom stereocenters. The zero-order valence-electron chi connectivity index (χ0n) is 15.3. The fourth-order valence-corrected chi connectivity index (χ4v) is 4.20. The Labute approximate surface area is 149 Å². The summed E-state index contributed by atoms with van der Waals surface area (Å²) in [7, 11) is 2.03. The smallest absolute Gasteiger partial charge is 0.132 e. The van der Waals surface area contributed by atoms with Gasteiger partial charge in [-0.1, -0.05) is 6.92 Å². The number of piperidine rings is 1. The summed E-state index contributed by atoms with van der Waals surface area (Å²) in [5, 5.41) is 8.54. The van der Waals surface area contributed by atoms with Crippen molar-refractivity contribution in [3.05, 3.63) is 35.5 Å². The normalized spacial score (nSPS) is 23.5. The van der Waals surface area contributed by atoms with Crippen LogP contribution < -0.4 is 10.2 Å². The Kier molecular flexibility index (Phi) is 4.70. The van der Waals surface area contributed by atoms with Gasteiger partial charge in [0.15, 0.2) is 0 Å². The van der Waals surface area contributed by atoms with Gasteiger partial charge in [0.25, 0.3) is 0 Å². The van der Waals surface area contributed by atoms with E-state index in [4.69, 9.17) is 0 Å². The van der Waals surface area contributed by atoms with Crippen molar-refractivity contribution < 1.29 is 0 Å². The Morgan fingerprint density at radius 3 is 3.04 bits per heavy atom. The zero-order chi connectivity index (χ0) is 17.2. The Morgan fingerprint density at radius 2 is 2.16 bits per heavy atom. The van der Waals surface area contributed by atoms with Crippen LogP contribution in [0.1, 0.15) is 55.6 Å². The lowest BCUT2D eigenvalue weighted by Crippen LogP contribution is -2.47. The van der Waals surface area contributed by atoms with Gasteiger partial charge < -0.3 is 10.2 Å². The van der Waals surface area contributed by atoms with Crippen LogP contribution >= 0.6 is 0 Å². The Balaban J connectivity index is 1.45. The van der Waals surface area contributed by atoms with Crippen molar-refractivity contribution in [1.29, 1.82) is 0 Å². The highest BCUT2D eigenvalue weighted by atomic mass is 15.3. The van der Waals surface area contributed by atoms with E-state index in [1.165, 1.54) is 36.9 Å². The average Bonchev–Trinajstić information content (AvgIpc) is 3.03. The third-order valence-electron chi connectivity index (χ3n) is 5.47. The molecule has 1 aliphatic carbocycles. The molecule has 2 aromatic rings. The summed E-state index contributed by atoms with van der Waals surface area (Å²) in [6, 6.07) is 3.09. The summed E-state index contributed by atoms with van der Waals surface area (Å²) in [5.74, 6) is 1.07. The van der Waals surface area contributed by atoms with Gasteiger partial charge in [-0.2, -0.15) is 5.10 Å². The summed E-state index contributed by atoms with van der Waals surface area (Å²) >= 11 is 0. The van der Waals surface area contributed by atoms with Gasteiger partial charge >= 0.3 is 0 Å². The largest absolute Gasteiger partial charge is 0.355 e. The lowest BCUT2D eigenvalue weighted by molar-refractivity contribution is 0.351. The van der Waals surface area contributed by atoms with E-state index in [-0.39, 0.29) is 0 Å². The van der Waals surface area contributed by atoms with Gasteiger partial charge in [-0.25, -0.2) is 9.97 Å². The molecule has 2 aromatic heterocycles. The van der Waals surface area contributed by atoms with Crippen molar-refractivity contribution in [1.82, 2.24) is 25.1 Å². The molecule has 1 fully saturated rings. The molecule has 0 radical (unpaired) electrons. The van der Waals surface area contributed by atoms with Gasteiger partial charge in [0, 0.05) is 55.7 Å². The molecule has 0 saturated carbocycles. The monoisotopic (exact) mass is 340 g/mol. The SMILES string of the molecule is CCc1cc(N2CCCC(NC3CCCc4nn(C)cc43)C2)ncn1. The molecule has 134 valence electrons. The maximum atomic E-state index is 4.63. The van der Waals surface area contributed by atoms with E-state index in [1.807, 2.05) is 11.7 Å².